The van der Waals surface area contributed by atoms with Gasteiger partial charge in [-0.1, -0.05) is 0 Å². The number of aryl methyl sites for hydroxylation is 1. The average Bonchev–Trinajstić information content (AvgIpc) is 2.83. The fourth-order valence-electron chi connectivity index (χ4n) is 1.82. The van der Waals surface area contributed by atoms with Gasteiger partial charge in [0.2, 0.25) is 0 Å². The number of aromatic nitrogens is 1. The number of hydrogen-bond acceptors (Lipinski definition) is 4. The lowest BCUT2D eigenvalue weighted by Crippen LogP contribution is -2.42. The average molecular weight is 420 g/mol. The molecule has 1 aromatic carbocycles. The van der Waals surface area contributed by atoms with Crippen molar-refractivity contribution in [3.05, 3.63) is 52.0 Å². The van der Waals surface area contributed by atoms with Crippen LogP contribution in [0.4, 0.5) is 4.39 Å². The number of halogens is 2. The number of carboxylic acid groups (broad SMARTS) is 1. The van der Waals surface area contributed by atoms with Crippen LogP contribution in [0, 0.1) is 5.82 Å². The molecule has 0 spiro atoms. The summed E-state index contributed by atoms with van der Waals surface area (Å²) < 4.78 is 39.6. The van der Waals surface area contributed by atoms with E-state index < -0.39 is 38.2 Å². The number of hydrogen-bond donors (Lipinski definition) is 3. The van der Waals surface area contributed by atoms with Crippen molar-refractivity contribution in [3.63, 3.8) is 0 Å². The molecule has 0 saturated heterocycles. The lowest BCUT2D eigenvalue weighted by Gasteiger charge is -2.09. The molecule has 0 radical (unpaired) electrons. The SMILES string of the molecule is Cn1cc(Br)cc1C(=O)NNS(=O)(=O)c1ccc(F)c(C(=O)O)c1. The predicted molar refractivity (Wildman–Crippen MR) is 84.3 cm³/mol. The molecule has 0 fully saturated rings. The highest BCUT2D eigenvalue weighted by atomic mass is 79.9. The van der Waals surface area contributed by atoms with Gasteiger partial charge in [0, 0.05) is 17.7 Å². The summed E-state index contributed by atoms with van der Waals surface area (Å²) in [6.45, 7) is 0. The summed E-state index contributed by atoms with van der Waals surface area (Å²) in [5.41, 5.74) is 1.38. The van der Waals surface area contributed by atoms with Gasteiger partial charge in [-0.25, -0.2) is 17.6 Å². The summed E-state index contributed by atoms with van der Waals surface area (Å²) in [7, 11) is -2.68. The number of carbonyl (C=O) groups is 2. The third-order valence-electron chi connectivity index (χ3n) is 2.98. The first-order chi connectivity index (χ1) is 11.1. The van der Waals surface area contributed by atoms with Crippen LogP contribution in [0.5, 0.6) is 0 Å². The van der Waals surface area contributed by atoms with E-state index in [1.54, 1.807) is 13.2 Å². The van der Waals surface area contributed by atoms with Crippen LogP contribution < -0.4 is 10.3 Å². The zero-order valence-corrected chi connectivity index (χ0v) is 14.5. The largest absolute Gasteiger partial charge is 0.478 e. The van der Waals surface area contributed by atoms with Crippen molar-refractivity contribution in [3.8, 4) is 0 Å². The van der Waals surface area contributed by atoms with Crippen molar-refractivity contribution in [2.75, 3.05) is 0 Å². The third-order valence-corrected chi connectivity index (χ3v) is 4.66. The Balaban J connectivity index is 2.20. The Labute approximate surface area is 144 Å². The molecule has 2 aromatic rings. The van der Waals surface area contributed by atoms with Gasteiger partial charge in [-0.05, 0) is 40.2 Å². The molecule has 1 amide bonds. The van der Waals surface area contributed by atoms with Crippen LogP contribution in [0.3, 0.4) is 0 Å². The number of aromatic carboxylic acids is 1. The molecule has 3 N–H and O–H groups in total. The van der Waals surface area contributed by atoms with E-state index in [1.165, 1.54) is 10.6 Å². The van der Waals surface area contributed by atoms with Gasteiger partial charge >= 0.3 is 5.97 Å². The van der Waals surface area contributed by atoms with Crippen LogP contribution in [0.15, 0.2) is 39.8 Å². The van der Waals surface area contributed by atoms with Gasteiger partial charge in [-0.15, -0.1) is 4.83 Å². The first kappa shape index (κ1) is 18.1. The molecule has 1 heterocycles. The first-order valence-electron chi connectivity index (χ1n) is 6.28. The Morgan fingerprint density at radius 2 is 1.96 bits per heavy atom. The Hall–Kier alpha value is -2.24. The fraction of sp³-hybridized carbons (Fsp3) is 0.0769. The maximum Gasteiger partial charge on any atom is 0.338 e. The number of sulfonamides is 1. The van der Waals surface area contributed by atoms with Gasteiger partial charge in [0.25, 0.3) is 15.9 Å². The molecule has 0 bridgehead atoms. The minimum Gasteiger partial charge on any atom is -0.478 e. The molecule has 0 aliphatic rings. The molecule has 1 aromatic heterocycles. The van der Waals surface area contributed by atoms with E-state index in [1.807, 2.05) is 10.3 Å². The van der Waals surface area contributed by atoms with Crippen molar-refractivity contribution in [1.82, 2.24) is 14.8 Å². The van der Waals surface area contributed by atoms with Crippen LogP contribution in [0.2, 0.25) is 0 Å². The predicted octanol–water partition coefficient (Wildman–Crippen LogP) is 1.25. The van der Waals surface area contributed by atoms with E-state index >= 15 is 0 Å². The Morgan fingerprint density at radius 1 is 1.29 bits per heavy atom. The molecule has 2 rings (SSSR count). The lowest BCUT2D eigenvalue weighted by atomic mass is 10.2. The normalized spacial score (nSPS) is 11.3. The van der Waals surface area contributed by atoms with Gasteiger partial charge in [0.1, 0.15) is 11.5 Å². The van der Waals surface area contributed by atoms with Crippen LogP contribution in [-0.2, 0) is 17.1 Å². The van der Waals surface area contributed by atoms with E-state index in [2.05, 4.69) is 15.9 Å². The number of benzene rings is 1. The third kappa shape index (κ3) is 3.80. The molecule has 8 nitrogen and oxygen atoms in total. The number of nitrogens with one attached hydrogen (secondary N) is 2. The van der Waals surface area contributed by atoms with Crippen molar-refractivity contribution < 1.29 is 27.5 Å². The van der Waals surface area contributed by atoms with Gasteiger partial charge < -0.3 is 9.67 Å². The molecule has 0 aliphatic carbocycles. The van der Waals surface area contributed by atoms with Gasteiger partial charge in [-0.2, -0.15) is 0 Å². The summed E-state index contributed by atoms with van der Waals surface area (Å²) in [5.74, 6) is -3.41. The van der Waals surface area contributed by atoms with Crippen molar-refractivity contribution in [1.29, 1.82) is 0 Å². The summed E-state index contributed by atoms with van der Waals surface area (Å²) in [4.78, 5) is 24.1. The molecule has 0 atom stereocenters. The van der Waals surface area contributed by atoms with E-state index in [-0.39, 0.29) is 5.69 Å². The van der Waals surface area contributed by atoms with Gasteiger partial charge in [-0.3, -0.25) is 10.2 Å². The van der Waals surface area contributed by atoms with Crippen molar-refractivity contribution in [2.45, 2.75) is 4.90 Å². The fourth-order valence-corrected chi connectivity index (χ4v) is 3.21. The summed E-state index contributed by atoms with van der Waals surface area (Å²) in [6, 6.07) is 3.73. The molecule has 128 valence electrons. The number of nitrogens with zero attached hydrogens (tertiary/aromatic N) is 1. The standard InChI is InChI=1S/C13H11BrFN3O5S/c1-18-6-7(14)4-11(18)12(19)16-17-24(22,23)8-2-3-10(15)9(5-8)13(20)21/h2-6,17H,1H3,(H,16,19)(H,20,21). The zero-order chi connectivity index (χ0) is 18.1. The summed E-state index contributed by atoms with van der Waals surface area (Å²) in [6.07, 6.45) is 1.60. The highest BCUT2D eigenvalue weighted by molar-refractivity contribution is 9.10. The molecular weight excluding hydrogens is 409 g/mol. The number of amides is 1. The van der Waals surface area contributed by atoms with E-state index in [0.717, 1.165) is 6.07 Å². The highest BCUT2D eigenvalue weighted by Crippen LogP contribution is 2.16. The van der Waals surface area contributed by atoms with E-state index in [0.29, 0.717) is 16.6 Å². The first-order valence-corrected chi connectivity index (χ1v) is 8.56. The second-order valence-electron chi connectivity index (χ2n) is 4.66. The van der Waals surface area contributed by atoms with Gasteiger partial charge in [0.15, 0.2) is 0 Å². The molecule has 0 saturated carbocycles. The minimum absolute atomic E-state index is 0.176. The Kier molecular flexibility index (Phi) is 5.06. The van der Waals surface area contributed by atoms with Crippen LogP contribution in [0.25, 0.3) is 0 Å². The smallest absolute Gasteiger partial charge is 0.338 e. The maximum absolute atomic E-state index is 13.3. The number of rotatable bonds is 5. The highest BCUT2D eigenvalue weighted by Gasteiger charge is 2.20. The molecule has 11 heteroatoms. The van der Waals surface area contributed by atoms with Crippen LogP contribution >= 0.6 is 15.9 Å². The second kappa shape index (κ2) is 6.71. The van der Waals surface area contributed by atoms with Crippen LogP contribution in [0.1, 0.15) is 20.8 Å². The molecular formula is C13H11BrFN3O5S. The summed E-state index contributed by atoms with van der Waals surface area (Å²) in [5, 5.41) is 8.82. The second-order valence-corrected chi connectivity index (χ2v) is 7.26. The maximum atomic E-state index is 13.3. The zero-order valence-electron chi connectivity index (χ0n) is 12.1. The van der Waals surface area contributed by atoms with E-state index in [4.69, 9.17) is 5.11 Å². The monoisotopic (exact) mass is 419 g/mol. The van der Waals surface area contributed by atoms with Crippen LogP contribution in [-0.4, -0.2) is 30.0 Å². The van der Waals surface area contributed by atoms with Crippen molar-refractivity contribution in [2.24, 2.45) is 7.05 Å². The number of hydrazine groups is 1. The van der Waals surface area contributed by atoms with E-state index in [9.17, 15) is 22.4 Å². The molecule has 0 aliphatic heterocycles. The Morgan fingerprint density at radius 3 is 2.50 bits per heavy atom. The molecule has 24 heavy (non-hydrogen) atoms. The molecule has 0 unspecified atom stereocenters. The summed E-state index contributed by atoms with van der Waals surface area (Å²) >= 11 is 3.18. The number of carboxylic acids is 1. The minimum atomic E-state index is -4.28. The Bertz CT molecular complexity index is 926. The van der Waals surface area contributed by atoms with Gasteiger partial charge in [0.05, 0.1) is 10.5 Å². The topological polar surface area (TPSA) is 118 Å². The lowest BCUT2D eigenvalue weighted by molar-refractivity contribution is 0.0691. The number of carbonyl (C=O) groups excluding carboxylic acids is 1. The van der Waals surface area contributed by atoms with Crippen molar-refractivity contribution >= 4 is 37.8 Å². The quantitative estimate of drug-likeness (QED) is 0.630.